The molecular weight excluding hydrogens is 213 g/mol. The van der Waals surface area contributed by atoms with Gasteiger partial charge in [0.05, 0.1) is 16.1 Å². The van der Waals surface area contributed by atoms with E-state index in [1.54, 1.807) is 17.6 Å². The molecule has 1 aromatic heterocycles. The number of halogens is 1. The van der Waals surface area contributed by atoms with Crippen molar-refractivity contribution in [3.8, 4) is 0 Å². The van der Waals surface area contributed by atoms with Crippen molar-refractivity contribution >= 4 is 11.3 Å². The summed E-state index contributed by atoms with van der Waals surface area (Å²) in [4.78, 5) is 4.81. The first-order chi connectivity index (χ1) is 7.18. The number of hydrogen-bond acceptors (Lipinski definition) is 3. The fourth-order valence-corrected chi connectivity index (χ4v) is 2.21. The molecule has 2 aromatic rings. The highest BCUT2D eigenvalue weighted by Gasteiger charge is 2.15. The largest absolute Gasteiger partial charge is 0.383 e. The van der Waals surface area contributed by atoms with E-state index in [9.17, 15) is 9.50 Å². The Balaban J connectivity index is 2.36. The number of nitrogens with zero attached hydrogens (tertiary/aromatic N) is 1. The summed E-state index contributed by atoms with van der Waals surface area (Å²) in [5, 5.41) is 9.99. The smallest absolute Gasteiger partial charge is 0.123 e. The zero-order valence-corrected chi connectivity index (χ0v) is 8.96. The molecule has 1 unspecified atom stereocenters. The third-order valence-corrected chi connectivity index (χ3v) is 3.18. The Kier molecular flexibility index (Phi) is 2.79. The maximum absolute atomic E-state index is 12.9. The molecule has 0 amide bonds. The van der Waals surface area contributed by atoms with Crippen molar-refractivity contribution in [2.45, 2.75) is 13.0 Å². The number of aromatic nitrogens is 1. The Morgan fingerprint density at radius 1 is 1.47 bits per heavy atom. The van der Waals surface area contributed by atoms with E-state index in [0.29, 0.717) is 5.56 Å². The van der Waals surface area contributed by atoms with Gasteiger partial charge < -0.3 is 5.11 Å². The van der Waals surface area contributed by atoms with Crippen LogP contribution in [0.15, 0.2) is 29.8 Å². The van der Waals surface area contributed by atoms with Crippen LogP contribution in [0.2, 0.25) is 0 Å². The summed E-state index contributed by atoms with van der Waals surface area (Å²) in [7, 11) is 0. The average Bonchev–Trinajstić information content (AvgIpc) is 2.63. The van der Waals surface area contributed by atoms with Gasteiger partial charge in [-0.15, -0.1) is 11.3 Å². The van der Waals surface area contributed by atoms with Crippen molar-refractivity contribution in [3.05, 3.63) is 51.7 Å². The van der Waals surface area contributed by atoms with Crippen LogP contribution in [-0.4, -0.2) is 10.1 Å². The first-order valence-electron chi connectivity index (χ1n) is 4.52. The van der Waals surface area contributed by atoms with Gasteiger partial charge in [-0.2, -0.15) is 0 Å². The van der Waals surface area contributed by atoms with Gasteiger partial charge in [0, 0.05) is 0 Å². The summed E-state index contributed by atoms with van der Waals surface area (Å²) in [6.07, 6.45) is -0.784. The number of aliphatic hydroxyl groups excluding tert-OH is 1. The Hall–Kier alpha value is -1.26. The van der Waals surface area contributed by atoms with Gasteiger partial charge in [-0.05, 0) is 24.6 Å². The maximum atomic E-state index is 12.9. The molecule has 0 saturated carbocycles. The summed E-state index contributed by atoms with van der Waals surface area (Å²) in [5.74, 6) is -0.339. The molecule has 4 heteroatoms. The number of aryl methyl sites for hydroxylation is 1. The minimum absolute atomic E-state index is 0.339. The van der Waals surface area contributed by atoms with E-state index >= 15 is 0 Å². The topological polar surface area (TPSA) is 33.1 Å². The summed E-state index contributed by atoms with van der Waals surface area (Å²) < 4.78 is 12.9. The SMILES string of the molecule is Cc1ncsc1C(O)c1cccc(F)c1. The molecule has 0 bridgehead atoms. The van der Waals surface area contributed by atoms with E-state index < -0.39 is 6.10 Å². The lowest BCUT2D eigenvalue weighted by Gasteiger charge is -2.09. The van der Waals surface area contributed by atoms with Crippen molar-refractivity contribution in [2.75, 3.05) is 0 Å². The van der Waals surface area contributed by atoms with Crippen LogP contribution >= 0.6 is 11.3 Å². The van der Waals surface area contributed by atoms with Crippen molar-refractivity contribution in [1.29, 1.82) is 0 Å². The molecular formula is C11H10FNOS. The third kappa shape index (κ3) is 2.06. The molecule has 0 radical (unpaired) electrons. The first-order valence-corrected chi connectivity index (χ1v) is 5.40. The van der Waals surface area contributed by atoms with Crippen LogP contribution in [0.4, 0.5) is 4.39 Å². The second-order valence-electron chi connectivity index (χ2n) is 3.26. The average molecular weight is 223 g/mol. The predicted molar refractivity (Wildman–Crippen MR) is 57.3 cm³/mol. The quantitative estimate of drug-likeness (QED) is 0.849. The number of thiazole rings is 1. The predicted octanol–water partition coefficient (Wildman–Crippen LogP) is 2.67. The molecule has 1 N–H and O–H groups in total. The number of aliphatic hydroxyl groups is 1. The van der Waals surface area contributed by atoms with E-state index in [1.807, 2.05) is 6.92 Å². The number of hydrogen-bond donors (Lipinski definition) is 1. The number of benzene rings is 1. The zero-order chi connectivity index (χ0) is 10.8. The lowest BCUT2D eigenvalue weighted by atomic mass is 10.1. The Labute approximate surface area is 91.0 Å². The standard InChI is InChI=1S/C11H10FNOS/c1-7-11(15-6-13-7)10(14)8-3-2-4-9(12)5-8/h2-6,10,14H,1H3. The monoisotopic (exact) mass is 223 g/mol. The van der Waals surface area contributed by atoms with Crippen molar-refractivity contribution in [3.63, 3.8) is 0 Å². The van der Waals surface area contributed by atoms with Crippen molar-refractivity contribution < 1.29 is 9.50 Å². The minimum atomic E-state index is -0.784. The fraction of sp³-hybridized carbons (Fsp3) is 0.182. The lowest BCUT2D eigenvalue weighted by molar-refractivity contribution is 0.222. The van der Waals surface area contributed by atoms with Gasteiger partial charge in [-0.3, -0.25) is 0 Å². The number of rotatable bonds is 2. The molecule has 0 fully saturated rings. The van der Waals surface area contributed by atoms with Gasteiger partial charge in [-0.25, -0.2) is 9.37 Å². The molecule has 1 aromatic carbocycles. The highest BCUT2D eigenvalue weighted by Crippen LogP contribution is 2.27. The highest BCUT2D eigenvalue weighted by atomic mass is 32.1. The van der Waals surface area contributed by atoms with Crippen molar-refractivity contribution in [2.24, 2.45) is 0 Å². The molecule has 0 spiro atoms. The van der Waals surface area contributed by atoms with E-state index in [4.69, 9.17) is 0 Å². The van der Waals surface area contributed by atoms with E-state index in [-0.39, 0.29) is 5.82 Å². The molecule has 1 heterocycles. The summed E-state index contributed by atoms with van der Waals surface area (Å²) in [6, 6.07) is 5.98. The summed E-state index contributed by atoms with van der Waals surface area (Å²) in [5.41, 5.74) is 3.02. The van der Waals surface area contributed by atoms with Gasteiger partial charge >= 0.3 is 0 Å². The Morgan fingerprint density at radius 2 is 2.27 bits per heavy atom. The first kappa shape index (κ1) is 10.3. The maximum Gasteiger partial charge on any atom is 0.123 e. The third-order valence-electron chi connectivity index (χ3n) is 2.20. The van der Waals surface area contributed by atoms with Gasteiger partial charge in [-0.1, -0.05) is 12.1 Å². The fourth-order valence-electron chi connectivity index (χ4n) is 1.40. The Morgan fingerprint density at radius 3 is 2.87 bits per heavy atom. The molecule has 1 atom stereocenters. The van der Waals surface area contributed by atoms with Gasteiger partial charge in [0.25, 0.3) is 0 Å². The second kappa shape index (κ2) is 4.08. The van der Waals surface area contributed by atoms with Crippen LogP contribution in [0.5, 0.6) is 0 Å². The second-order valence-corrected chi connectivity index (χ2v) is 4.15. The molecule has 2 nitrogen and oxygen atoms in total. The minimum Gasteiger partial charge on any atom is -0.383 e. The van der Waals surface area contributed by atoms with Crippen molar-refractivity contribution in [1.82, 2.24) is 4.98 Å². The van der Waals surface area contributed by atoms with E-state index in [0.717, 1.165) is 10.6 Å². The zero-order valence-electron chi connectivity index (χ0n) is 8.14. The summed E-state index contributed by atoms with van der Waals surface area (Å²) in [6.45, 7) is 1.83. The van der Waals surface area contributed by atoms with E-state index in [1.165, 1.54) is 23.5 Å². The van der Waals surface area contributed by atoms with Crippen LogP contribution in [0.3, 0.4) is 0 Å². The Bertz CT molecular complexity index is 469. The molecule has 0 aliphatic carbocycles. The van der Waals surface area contributed by atoms with Crippen LogP contribution in [0.25, 0.3) is 0 Å². The molecule has 15 heavy (non-hydrogen) atoms. The van der Waals surface area contributed by atoms with Crippen LogP contribution in [0, 0.1) is 12.7 Å². The molecule has 2 rings (SSSR count). The van der Waals surface area contributed by atoms with E-state index in [2.05, 4.69) is 4.98 Å². The highest BCUT2D eigenvalue weighted by molar-refractivity contribution is 7.09. The summed E-state index contributed by atoms with van der Waals surface area (Å²) >= 11 is 1.37. The van der Waals surface area contributed by atoms with Crippen LogP contribution in [0.1, 0.15) is 22.2 Å². The molecule has 0 aliphatic heterocycles. The molecule has 78 valence electrons. The van der Waals surface area contributed by atoms with Gasteiger partial charge in [0.1, 0.15) is 11.9 Å². The van der Waals surface area contributed by atoms with Crippen LogP contribution < -0.4 is 0 Å². The van der Waals surface area contributed by atoms with Gasteiger partial charge in [0.2, 0.25) is 0 Å². The molecule has 0 saturated heterocycles. The lowest BCUT2D eigenvalue weighted by Crippen LogP contribution is -1.99. The van der Waals surface area contributed by atoms with Gasteiger partial charge in [0.15, 0.2) is 0 Å². The normalized spacial score (nSPS) is 12.7. The molecule has 0 aliphatic rings. The van der Waals surface area contributed by atoms with Crippen LogP contribution in [-0.2, 0) is 0 Å².